The Morgan fingerprint density at radius 3 is 2.63 bits per heavy atom. The third-order valence-corrected chi connectivity index (χ3v) is 5.15. The van der Waals surface area contributed by atoms with Gasteiger partial charge in [-0.05, 0) is 36.1 Å². The second-order valence-corrected chi connectivity index (χ2v) is 6.84. The molecule has 136 valence electrons. The van der Waals surface area contributed by atoms with E-state index in [9.17, 15) is 4.79 Å². The third kappa shape index (κ3) is 3.21. The van der Waals surface area contributed by atoms with Crippen molar-refractivity contribution in [2.24, 2.45) is 0 Å². The predicted molar refractivity (Wildman–Crippen MR) is 107 cm³/mol. The second kappa shape index (κ2) is 7.28. The van der Waals surface area contributed by atoms with Gasteiger partial charge in [0.1, 0.15) is 5.75 Å². The lowest BCUT2D eigenvalue weighted by molar-refractivity contribution is 0.404. The van der Waals surface area contributed by atoms with Gasteiger partial charge in [0.05, 0.1) is 42.6 Å². The fourth-order valence-electron chi connectivity index (χ4n) is 3.00. The molecule has 0 atom stereocenters. The molecule has 6 nitrogen and oxygen atoms in total. The zero-order valence-electron chi connectivity index (χ0n) is 15.0. The molecule has 0 aliphatic carbocycles. The average molecular weight is 378 g/mol. The van der Waals surface area contributed by atoms with E-state index in [2.05, 4.69) is 10.2 Å². The summed E-state index contributed by atoms with van der Waals surface area (Å²) < 4.78 is 8.60. The van der Waals surface area contributed by atoms with Crippen LogP contribution in [0.25, 0.3) is 16.6 Å². The largest absolute Gasteiger partial charge is 0.496 e. The van der Waals surface area contributed by atoms with Gasteiger partial charge in [0.25, 0.3) is 5.56 Å². The molecule has 0 aliphatic rings. The highest BCUT2D eigenvalue weighted by Gasteiger charge is 2.12. The Morgan fingerprint density at radius 1 is 1.07 bits per heavy atom. The van der Waals surface area contributed by atoms with Gasteiger partial charge in [-0.25, -0.2) is 9.36 Å². The van der Waals surface area contributed by atoms with Crippen LogP contribution in [0.3, 0.4) is 0 Å². The minimum Gasteiger partial charge on any atom is -0.496 e. The molecule has 0 aliphatic heterocycles. The molecule has 0 amide bonds. The number of nitrogens with zero attached hydrogens (tertiary/aromatic N) is 4. The van der Waals surface area contributed by atoms with E-state index in [1.54, 1.807) is 35.9 Å². The first-order valence-electron chi connectivity index (χ1n) is 8.41. The summed E-state index contributed by atoms with van der Waals surface area (Å²) in [6, 6.07) is 15.6. The predicted octanol–water partition coefficient (Wildman–Crippen LogP) is 3.36. The number of thioether (sulfide) groups is 1. The van der Waals surface area contributed by atoms with Gasteiger partial charge in [-0.3, -0.25) is 4.79 Å². The summed E-state index contributed by atoms with van der Waals surface area (Å²) in [5, 5.41) is 9.26. The molecule has 2 heterocycles. The summed E-state index contributed by atoms with van der Waals surface area (Å²) in [7, 11) is 1.65. The van der Waals surface area contributed by atoms with Crippen LogP contribution in [0.1, 0.15) is 5.56 Å². The number of rotatable bonds is 5. The lowest BCUT2D eigenvalue weighted by Crippen LogP contribution is -2.23. The number of hydrogen-bond acceptors (Lipinski definition) is 5. The molecule has 2 aromatic carbocycles. The van der Waals surface area contributed by atoms with Crippen molar-refractivity contribution in [3.05, 3.63) is 76.8 Å². The van der Waals surface area contributed by atoms with Gasteiger partial charge in [-0.2, -0.15) is 10.2 Å². The van der Waals surface area contributed by atoms with Crippen molar-refractivity contribution in [3.63, 3.8) is 0 Å². The van der Waals surface area contributed by atoms with Crippen LogP contribution in [-0.2, 0) is 6.54 Å². The average Bonchev–Trinajstić information content (AvgIpc) is 3.15. The highest BCUT2D eigenvalue weighted by molar-refractivity contribution is 7.98. The van der Waals surface area contributed by atoms with E-state index in [0.29, 0.717) is 17.4 Å². The number of hydrogen-bond donors (Lipinski definition) is 0. The monoisotopic (exact) mass is 378 g/mol. The normalized spacial score (nSPS) is 11.0. The van der Waals surface area contributed by atoms with Gasteiger partial charge in [0.2, 0.25) is 0 Å². The molecule has 4 rings (SSSR count). The van der Waals surface area contributed by atoms with Crippen LogP contribution >= 0.6 is 11.8 Å². The molecule has 2 aromatic heterocycles. The molecule has 0 fully saturated rings. The van der Waals surface area contributed by atoms with Gasteiger partial charge in [0, 0.05) is 4.90 Å². The zero-order chi connectivity index (χ0) is 18.8. The molecule has 4 aromatic rings. The number of fused-ring (bicyclic) bond motifs is 1. The Hall–Kier alpha value is -3.06. The number of aromatic nitrogens is 4. The molecule has 0 saturated heterocycles. The molecule has 0 bridgehead atoms. The van der Waals surface area contributed by atoms with Crippen molar-refractivity contribution in [2.45, 2.75) is 11.4 Å². The molecular formula is C20H18N4O2S. The Morgan fingerprint density at radius 2 is 1.89 bits per heavy atom. The van der Waals surface area contributed by atoms with Crippen LogP contribution in [0, 0.1) is 0 Å². The molecule has 7 heteroatoms. The van der Waals surface area contributed by atoms with Crippen LogP contribution in [0.4, 0.5) is 0 Å². The molecule has 0 spiro atoms. The van der Waals surface area contributed by atoms with Crippen LogP contribution in [0.5, 0.6) is 5.75 Å². The summed E-state index contributed by atoms with van der Waals surface area (Å²) in [6.07, 6.45) is 5.28. The molecule has 0 radical (unpaired) electrons. The van der Waals surface area contributed by atoms with Crippen molar-refractivity contribution >= 4 is 22.7 Å². The van der Waals surface area contributed by atoms with Crippen molar-refractivity contribution in [1.82, 2.24) is 19.6 Å². The van der Waals surface area contributed by atoms with E-state index in [1.165, 1.54) is 4.68 Å². The third-order valence-electron chi connectivity index (χ3n) is 4.37. The Kier molecular flexibility index (Phi) is 4.68. The van der Waals surface area contributed by atoms with Crippen LogP contribution in [0.2, 0.25) is 0 Å². The second-order valence-electron chi connectivity index (χ2n) is 5.99. The maximum absolute atomic E-state index is 12.9. The molecular weight excluding hydrogens is 360 g/mol. The van der Waals surface area contributed by atoms with Crippen molar-refractivity contribution in [3.8, 4) is 11.4 Å². The number of benzene rings is 2. The quantitative estimate of drug-likeness (QED) is 0.498. The highest BCUT2D eigenvalue weighted by atomic mass is 32.2. The zero-order valence-corrected chi connectivity index (χ0v) is 15.8. The maximum atomic E-state index is 12.9. The van der Waals surface area contributed by atoms with Crippen LogP contribution in [-0.4, -0.2) is 32.9 Å². The van der Waals surface area contributed by atoms with Crippen molar-refractivity contribution in [1.29, 1.82) is 0 Å². The standard InChI is InChI=1S/C20H18N4O2S/c1-26-18-10-14(8-9-19(18)27-2)13-23-20(25)16-11-22-24(17(16)12-21-23)15-6-4-3-5-7-15/h3-12H,13H2,1-2H3. The lowest BCUT2D eigenvalue weighted by atomic mass is 10.2. The minimum absolute atomic E-state index is 0.164. The Balaban J connectivity index is 1.72. The fourth-order valence-corrected chi connectivity index (χ4v) is 3.55. The minimum atomic E-state index is -0.164. The summed E-state index contributed by atoms with van der Waals surface area (Å²) in [4.78, 5) is 13.9. The SMILES string of the molecule is COc1cc(Cn2ncc3c(cnn3-c3ccccc3)c2=O)ccc1SC. The molecule has 0 unspecified atom stereocenters. The summed E-state index contributed by atoms with van der Waals surface area (Å²) in [5.41, 5.74) is 2.37. The van der Waals surface area contributed by atoms with Crippen molar-refractivity contribution < 1.29 is 4.74 Å². The maximum Gasteiger partial charge on any atom is 0.278 e. The van der Waals surface area contributed by atoms with E-state index in [-0.39, 0.29) is 5.56 Å². The van der Waals surface area contributed by atoms with Gasteiger partial charge in [0.15, 0.2) is 0 Å². The lowest BCUT2D eigenvalue weighted by Gasteiger charge is -2.10. The fraction of sp³-hybridized carbons (Fsp3) is 0.150. The van der Waals surface area contributed by atoms with E-state index >= 15 is 0 Å². The molecule has 0 saturated carbocycles. The summed E-state index contributed by atoms with van der Waals surface area (Å²) in [5.74, 6) is 0.797. The first-order chi connectivity index (χ1) is 13.2. The smallest absolute Gasteiger partial charge is 0.278 e. The van der Waals surface area contributed by atoms with Gasteiger partial charge >= 0.3 is 0 Å². The van der Waals surface area contributed by atoms with Crippen LogP contribution in [0.15, 0.2) is 70.6 Å². The number of methoxy groups -OCH3 is 1. The van der Waals surface area contributed by atoms with E-state index < -0.39 is 0 Å². The van der Waals surface area contributed by atoms with Crippen LogP contribution < -0.4 is 10.3 Å². The van der Waals surface area contributed by atoms with E-state index in [1.807, 2.05) is 54.8 Å². The first-order valence-corrected chi connectivity index (χ1v) is 9.64. The van der Waals surface area contributed by atoms with E-state index in [4.69, 9.17) is 4.74 Å². The van der Waals surface area contributed by atoms with Gasteiger partial charge in [-0.15, -0.1) is 11.8 Å². The Bertz CT molecular complexity index is 1150. The summed E-state index contributed by atoms with van der Waals surface area (Å²) in [6.45, 7) is 0.371. The highest BCUT2D eigenvalue weighted by Crippen LogP contribution is 2.28. The van der Waals surface area contributed by atoms with Gasteiger partial charge in [-0.1, -0.05) is 24.3 Å². The number of ether oxygens (including phenoxy) is 1. The topological polar surface area (TPSA) is 61.9 Å². The number of para-hydroxylation sites is 1. The first kappa shape index (κ1) is 17.4. The van der Waals surface area contributed by atoms with Crippen molar-refractivity contribution in [2.75, 3.05) is 13.4 Å². The summed E-state index contributed by atoms with van der Waals surface area (Å²) >= 11 is 1.62. The molecule has 0 N–H and O–H groups in total. The van der Waals surface area contributed by atoms with Gasteiger partial charge < -0.3 is 4.74 Å². The Labute approximate surface area is 160 Å². The molecule has 27 heavy (non-hydrogen) atoms. The van der Waals surface area contributed by atoms with E-state index in [0.717, 1.165) is 21.9 Å².